The molecule has 4 nitrogen and oxygen atoms in total. The quantitative estimate of drug-likeness (QED) is 0.897. The van der Waals surface area contributed by atoms with Crippen LogP contribution in [0.2, 0.25) is 0 Å². The fourth-order valence-corrected chi connectivity index (χ4v) is 3.02. The highest BCUT2D eigenvalue weighted by atomic mass is 16.5. The predicted molar refractivity (Wildman–Crippen MR) is 75.8 cm³/mol. The fourth-order valence-electron chi connectivity index (χ4n) is 3.02. The Bertz CT molecular complexity index is 465. The number of nitrogens with zero attached hydrogens (tertiary/aromatic N) is 1. The Morgan fingerprint density at radius 3 is 2.45 bits per heavy atom. The van der Waals surface area contributed by atoms with Crippen LogP contribution in [0.15, 0.2) is 24.3 Å². The van der Waals surface area contributed by atoms with E-state index in [9.17, 15) is 4.79 Å². The number of carboxylic acid groups (broad SMARTS) is 1. The van der Waals surface area contributed by atoms with Gasteiger partial charge in [-0.25, -0.2) is 0 Å². The highest BCUT2D eigenvalue weighted by Gasteiger charge is 2.33. The highest BCUT2D eigenvalue weighted by molar-refractivity contribution is 5.74. The predicted octanol–water partition coefficient (Wildman–Crippen LogP) is 2.67. The van der Waals surface area contributed by atoms with Crippen LogP contribution in [0.25, 0.3) is 0 Å². The van der Waals surface area contributed by atoms with Gasteiger partial charge in [-0.3, -0.25) is 9.69 Å². The molecule has 1 aromatic rings. The summed E-state index contributed by atoms with van der Waals surface area (Å²) in [7, 11) is 0. The minimum atomic E-state index is -0.711. The minimum absolute atomic E-state index is 0.301. The Hall–Kier alpha value is -1.55. The van der Waals surface area contributed by atoms with Gasteiger partial charge in [0.15, 0.2) is 0 Å². The summed E-state index contributed by atoms with van der Waals surface area (Å²) in [5.74, 6) is 0.219. The van der Waals surface area contributed by atoms with Crippen LogP contribution in [-0.4, -0.2) is 34.7 Å². The molecule has 1 aliphatic carbocycles. The summed E-state index contributed by atoms with van der Waals surface area (Å²) in [6, 6.07) is 7.79. The van der Waals surface area contributed by atoms with Gasteiger partial charge in [0, 0.05) is 13.1 Å². The molecule has 1 saturated heterocycles. The monoisotopic (exact) mass is 275 g/mol. The van der Waals surface area contributed by atoms with Crippen LogP contribution in [0.3, 0.4) is 0 Å². The van der Waals surface area contributed by atoms with Crippen molar-refractivity contribution in [3.63, 3.8) is 0 Å². The lowest BCUT2D eigenvalue weighted by Gasteiger charge is -2.37. The Balaban J connectivity index is 1.54. The van der Waals surface area contributed by atoms with Crippen molar-refractivity contribution in [2.75, 3.05) is 6.54 Å². The van der Waals surface area contributed by atoms with Crippen molar-refractivity contribution in [1.29, 1.82) is 0 Å². The molecule has 1 saturated carbocycles. The molecular formula is C16H21NO3. The van der Waals surface area contributed by atoms with E-state index in [0.29, 0.717) is 12.6 Å². The maximum Gasteiger partial charge on any atom is 0.320 e. The van der Waals surface area contributed by atoms with E-state index >= 15 is 0 Å². The van der Waals surface area contributed by atoms with Crippen LogP contribution >= 0.6 is 0 Å². The third kappa shape index (κ3) is 2.96. The SMILES string of the molecule is O=C(O)[C@@H]1CCN1Cc1ccc(OC2CCCC2)cc1. The van der Waals surface area contributed by atoms with Crippen LogP contribution in [0.4, 0.5) is 0 Å². The maximum absolute atomic E-state index is 11.0. The van der Waals surface area contributed by atoms with Gasteiger partial charge in [-0.1, -0.05) is 12.1 Å². The van der Waals surface area contributed by atoms with E-state index in [0.717, 1.165) is 37.1 Å². The highest BCUT2D eigenvalue weighted by Crippen LogP contribution is 2.25. The number of hydrogen-bond donors (Lipinski definition) is 1. The number of likely N-dealkylation sites (tertiary alicyclic amines) is 1. The number of carboxylic acids is 1. The zero-order chi connectivity index (χ0) is 13.9. The Kier molecular flexibility index (Phi) is 3.92. The Morgan fingerprint density at radius 1 is 1.20 bits per heavy atom. The normalized spacial score (nSPS) is 23.5. The lowest BCUT2D eigenvalue weighted by molar-refractivity contribution is -0.148. The first-order valence-electron chi connectivity index (χ1n) is 7.45. The topological polar surface area (TPSA) is 49.8 Å². The lowest BCUT2D eigenvalue weighted by Crippen LogP contribution is -2.51. The van der Waals surface area contributed by atoms with Gasteiger partial charge in [0.05, 0.1) is 6.10 Å². The molecule has 3 rings (SSSR count). The van der Waals surface area contributed by atoms with Gasteiger partial charge in [-0.15, -0.1) is 0 Å². The van der Waals surface area contributed by atoms with Gasteiger partial charge in [0.25, 0.3) is 0 Å². The summed E-state index contributed by atoms with van der Waals surface area (Å²) in [5.41, 5.74) is 1.15. The van der Waals surface area contributed by atoms with Crippen molar-refractivity contribution in [3.05, 3.63) is 29.8 Å². The molecule has 0 spiro atoms. The van der Waals surface area contributed by atoms with Crippen molar-refractivity contribution in [2.24, 2.45) is 0 Å². The van der Waals surface area contributed by atoms with Gasteiger partial charge >= 0.3 is 5.97 Å². The third-order valence-electron chi connectivity index (χ3n) is 4.33. The number of ether oxygens (including phenoxy) is 1. The molecular weight excluding hydrogens is 254 g/mol. The molecule has 2 fully saturated rings. The molecule has 108 valence electrons. The van der Waals surface area contributed by atoms with Gasteiger partial charge in [0.1, 0.15) is 11.8 Å². The standard InChI is InChI=1S/C16H21NO3/c18-16(19)15-9-10-17(15)11-12-5-7-14(8-6-12)20-13-3-1-2-4-13/h5-8,13,15H,1-4,9-11H2,(H,18,19)/t15-/m0/s1. The molecule has 1 aromatic carbocycles. The van der Waals surface area contributed by atoms with Crippen LogP contribution in [0.1, 0.15) is 37.7 Å². The smallest absolute Gasteiger partial charge is 0.320 e. The molecule has 4 heteroatoms. The molecule has 0 amide bonds. The second-order valence-electron chi connectivity index (χ2n) is 5.78. The number of aliphatic carboxylic acids is 1. The van der Waals surface area contributed by atoms with E-state index in [-0.39, 0.29) is 6.04 Å². The van der Waals surface area contributed by atoms with Crippen molar-refractivity contribution < 1.29 is 14.6 Å². The number of benzene rings is 1. The zero-order valence-electron chi connectivity index (χ0n) is 11.6. The summed E-state index contributed by atoms with van der Waals surface area (Å²) in [4.78, 5) is 13.0. The summed E-state index contributed by atoms with van der Waals surface area (Å²) in [5, 5.41) is 9.02. The molecule has 1 aliphatic heterocycles. The first kappa shape index (κ1) is 13.4. The number of carbonyl (C=O) groups is 1. The van der Waals surface area contributed by atoms with Crippen LogP contribution in [-0.2, 0) is 11.3 Å². The van der Waals surface area contributed by atoms with Gasteiger partial charge in [-0.2, -0.15) is 0 Å². The molecule has 1 N–H and O–H groups in total. The summed E-state index contributed by atoms with van der Waals surface area (Å²) >= 11 is 0. The van der Waals surface area contributed by atoms with Crippen molar-refractivity contribution in [3.8, 4) is 5.75 Å². The Labute approximate surface area is 119 Å². The molecule has 0 radical (unpaired) electrons. The van der Waals surface area contributed by atoms with E-state index in [1.807, 2.05) is 29.2 Å². The summed E-state index contributed by atoms with van der Waals surface area (Å²) in [6.07, 6.45) is 6.01. The van der Waals surface area contributed by atoms with Gasteiger partial charge in [0.2, 0.25) is 0 Å². The third-order valence-corrected chi connectivity index (χ3v) is 4.33. The van der Waals surface area contributed by atoms with Crippen molar-refractivity contribution in [1.82, 2.24) is 4.90 Å². The molecule has 0 aromatic heterocycles. The van der Waals surface area contributed by atoms with E-state index in [1.165, 1.54) is 12.8 Å². The molecule has 20 heavy (non-hydrogen) atoms. The van der Waals surface area contributed by atoms with E-state index in [4.69, 9.17) is 9.84 Å². The zero-order valence-corrected chi connectivity index (χ0v) is 11.6. The second-order valence-corrected chi connectivity index (χ2v) is 5.78. The minimum Gasteiger partial charge on any atom is -0.490 e. The van der Waals surface area contributed by atoms with Gasteiger partial charge < -0.3 is 9.84 Å². The van der Waals surface area contributed by atoms with Gasteiger partial charge in [-0.05, 0) is 49.8 Å². The van der Waals surface area contributed by atoms with E-state index < -0.39 is 5.97 Å². The fraction of sp³-hybridized carbons (Fsp3) is 0.562. The molecule has 1 atom stereocenters. The first-order chi connectivity index (χ1) is 9.72. The molecule has 2 aliphatic rings. The molecule has 1 heterocycles. The Morgan fingerprint density at radius 2 is 1.90 bits per heavy atom. The molecule has 0 unspecified atom stereocenters. The number of hydrogen-bond acceptors (Lipinski definition) is 3. The average molecular weight is 275 g/mol. The summed E-state index contributed by atoms with van der Waals surface area (Å²) in [6.45, 7) is 1.58. The van der Waals surface area contributed by atoms with E-state index in [2.05, 4.69) is 0 Å². The van der Waals surface area contributed by atoms with Crippen LogP contribution in [0.5, 0.6) is 5.75 Å². The van der Waals surface area contributed by atoms with E-state index in [1.54, 1.807) is 0 Å². The average Bonchev–Trinajstić information content (AvgIpc) is 2.88. The lowest BCUT2D eigenvalue weighted by atomic mass is 10.0. The maximum atomic E-state index is 11.0. The summed E-state index contributed by atoms with van der Waals surface area (Å²) < 4.78 is 5.93. The van der Waals surface area contributed by atoms with Crippen molar-refractivity contribution >= 4 is 5.97 Å². The molecule has 0 bridgehead atoms. The van der Waals surface area contributed by atoms with Crippen LogP contribution in [0, 0.1) is 0 Å². The van der Waals surface area contributed by atoms with Crippen molar-refractivity contribution in [2.45, 2.75) is 50.8 Å². The largest absolute Gasteiger partial charge is 0.490 e. The van der Waals surface area contributed by atoms with Crippen LogP contribution < -0.4 is 4.74 Å². The first-order valence-corrected chi connectivity index (χ1v) is 7.45. The second kappa shape index (κ2) is 5.83. The number of rotatable bonds is 5.